The van der Waals surface area contributed by atoms with Crippen molar-refractivity contribution in [3.05, 3.63) is 53.3 Å². The minimum atomic E-state index is -0.105. The maximum absolute atomic E-state index is 12.0. The van der Waals surface area contributed by atoms with Crippen molar-refractivity contribution in [2.45, 2.75) is 6.54 Å². The number of hydrogen-bond donors (Lipinski definition) is 1. The molecule has 2 rings (SSSR count). The first kappa shape index (κ1) is 11.9. The first-order valence-electron chi connectivity index (χ1n) is 5.44. The first-order chi connectivity index (χ1) is 8.70. The predicted octanol–water partition coefficient (Wildman–Crippen LogP) is 1.55. The quantitative estimate of drug-likeness (QED) is 0.884. The molecule has 1 heterocycles. The summed E-state index contributed by atoms with van der Waals surface area (Å²) in [6.45, 7) is 0.458. The lowest BCUT2D eigenvalue weighted by atomic mass is 10.1. The van der Waals surface area contributed by atoms with E-state index in [1.165, 1.54) is 6.20 Å². The number of H-pyrrole nitrogens is 1. The summed E-state index contributed by atoms with van der Waals surface area (Å²) >= 11 is 0. The van der Waals surface area contributed by atoms with E-state index < -0.39 is 0 Å². The number of aromatic nitrogens is 2. The molecule has 0 aliphatic heterocycles. The van der Waals surface area contributed by atoms with Gasteiger partial charge in [0, 0.05) is 19.8 Å². The lowest BCUT2D eigenvalue weighted by molar-refractivity contribution is 0.0785. The van der Waals surface area contributed by atoms with Crippen LogP contribution >= 0.6 is 0 Å². The number of rotatable bonds is 3. The zero-order chi connectivity index (χ0) is 13.0. The monoisotopic (exact) mass is 240 g/mol. The van der Waals surface area contributed by atoms with Gasteiger partial charge in [-0.25, -0.2) is 0 Å². The fraction of sp³-hybridized carbons (Fsp3) is 0.154. The Bertz CT molecular complexity index is 583. The highest BCUT2D eigenvalue weighted by Crippen LogP contribution is 2.09. The summed E-state index contributed by atoms with van der Waals surface area (Å²) in [6, 6.07) is 9.29. The van der Waals surface area contributed by atoms with Crippen LogP contribution in [-0.4, -0.2) is 28.1 Å². The van der Waals surface area contributed by atoms with E-state index in [4.69, 9.17) is 5.26 Å². The molecule has 1 aromatic carbocycles. The van der Waals surface area contributed by atoms with Gasteiger partial charge in [-0.15, -0.1) is 0 Å². The number of nitriles is 1. The van der Waals surface area contributed by atoms with E-state index in [1.807, 2.05) is 12.1 Å². The van der Waals surface area contributed by atoms with Gasteiger partial charge in [0.1, 0.15) is 0 Å². The number of carbonyl (C=O) groups is 1. The molecule has 1 aromatic heterocycles. The van der Waals surface area contributed by atoms with Gasteiger partial charge >= 0.3 is 0 Å². The van der Waals surface area contributed by atoms with E-state index >= 15 is 0 Å². The summed E-state index contributed by atoms with van der Waals surface area (Å²) in [5, 5.41) is 15.2. The second kappa shape index (κ2) is 5.15. The van der Waals surface area contributed by atoms with Crippen LogP contribution in [0.2, 0.25) is 0 Å². The number of benzene rings is 1. The molecule has 0 saturated carbocycles. The predicted molar refractivity (Wildman–Crippen MR) is 65.5 cm³/mol. The van der Waals surface area contributed by atoms with Crippen molar-refractivity contribution in [3.8, 4) is 6.07 Å². The Morgan fingerprint density at radius 2 is 2.39 bits per heavy atom. The normalized spacial score (nSPS) is 9.78. The lowest BCUT2D eigenvalue weighted by Crippen LogP contribution is -2.25. The Kier molecular flexibility index (Phi) is 3.39. The highest BCUT2D eigenvalue weighted by Gasteiger charge is 2.12. The van der Waals surface area contributed by atoms with Gasteiger partial charge in [0.05, 0.1) is 23.4 Å². The van der Waals surface area contributed by atoms with E-state index in [0.29, 0.717) is 17.7 Å². The summed E-state index contributed by atoms with van der Waals surface area (Å²) in [7, 11) is 1.72. The van der Waals surface area contributed by atoms with Gasteiger partial charge in [-0.1, -0.05) is 12.1 Å². The number of carbonyl (C=O) groups excluding carboxylic acids is 1. The molecule has 0 atom stereocenters. The van der Waals surface area contributed by atoms with Crippen molar-refractivity contribution in [2.75, 3.05) is 7.05 Å². The number of aromatic amines is 1. The molecule has 0 aliphatic carbocycles. The van der Waals surface area contributed by atoms with Crippen LogP contribution in [-0.2, 0) is 6.54 Å². The molecule has 0 bridgehead atoms. The Morgan fingerprint density at radius 3 is 3.06 bits per heavy atom. The molecule has 1 amide bonds. The molecule has 90 valence electrons. The van der Waals surface area contributed by atoms with E-state index in [-0.39, 0.29) is 5.91 Å². The maximum atomic E-state index is 12.0. The zero-order valence-corrected chi connectivity index (χ0v) is 9.92. The van der Waals surface area contributed by atoms with Crippen molar-refractivity contribution >= 4 is 5.91 Å². The van der Waals surface area contributed by atoms with Crippen molar-refractivity contribution in [2.24, 2.45) is 0 Å². The summed E-state index contributed by atoms with van der Waals surface area (Å²) in [4.78, 5) is 13.6. The Balaban J connectivity index is 2.09. The van der Waals surface area contributed by atoms with Gasteiger partial charge < -0.3 is 4.90 Å². The third kappa shape index (κ3) is 2.55. The van der Waals surface area contributed by atoms with Crippen LogP contribution in [0.3, 0.4) is 0 Å². The van der Waals surface area contributed by atoms with Gasteiger partial charge in [-0.05, 0) is 17.7 Å². The molecule has 5 nitrogen and oxygen atoms in total. The van der Waals surface area contributed by atoms with E-state index in [0.717, 1.165) is 5.56 Å². The molecule has 0 radical (unpaired) electrons. The number of hydrogen-bond acceptors (Lipinski definition) is 3. The lowest BCUT2D eigenvalue weighted by Gasteiger charge is -2.16. The van der Waals surface area contributed by atoms with Crippen LogP contribution in [0, 0.1) is 11.3 Å². The summed E-state index contributed by atoms with van der Waals surface area (Å²) in [5.41, 5.74) is 2.04. The van der Waals surface area contributed by atoms with Crippen LogP contribution in [0.4, 0.5) is 0 Å². The van der Waals surface area contributed by atoms with Gasteiger partial charge in [0.25, 0.3) is 5.91 Å². The van der Waals surface area contributed by atoms with Gasteiger partial charge in [0.15, 0.2) is 0 Å². The second-order valence-corrected chi connectivity index (χ2v) is 3.96. The number of nitrogens with one attached hydrogen (secondary N) is 1. The van der Waals surface area contributed by atoms with Gasteiger partial charge in [-0.3, -0.25) is 9.89 Å². The standard InChI is InChI=1S/C13H12N4O/c1-17(13(18)12-7-15-16-8-12)9-11-4-2-3-10(5-11)6-14/h2-5,7-8H,9H2,1H3,(H,15,16). The molecule has 0 spiro atoms. The van der Waals surface area contributed by atoms with Crippen molar-refractivity contribution in [1.82, 2.24) is 15.1 Å². The summed E-state index contributed by atoms with van der Waals surface area (Å²) in [6.07, 6.45) is 3.05. The van der Waals surface area contributed by atoms with Crippen LogP contribution < -0.4 is 0 Å². The van der Waals surface area contributed by atoms with Crippen LogP contribution in [0.1, 0.15) is 21.5 Å². The van der Waals surface area contributed by atoms with Gasteiger partial charge in [-0.2, -0.15) is 10.4 Å². The Labute approximate surface area is 105 Å². The van der Waals surface area contributed by atoms with Crippen molar-refractivity contribution in [1.29, 1.82) is 5.26 Å². The van der Waals surface area contributed by atoms with Crippen LogP contribution in [0.15, 0.2) is 36.7 Å². The molecular formula is C13H12N4O. The fourth-order valence-electron chi connectivity index (χ4n) is 1.67. The SMILES string of the molecule is CN(Cc1cccc(C#N)c1)C(=O)c1cn[nH]c1. The van der Waals surface area contributed by atoms with E-state index in [9.17, 15) is 4.79 Å². The molecule has 0 aliphatic rings. The number of amides is 1. The molecular weight excluding hydrogens is 228 g/mol. The van der Waals surface area contributed by atoms with Crippen molar-refractivity contribution < 1.29 is 4.79 Å². The Hall–Kier alpha value is -2.61. The molecule has 18 heavy (non-hydrogen) atoms. The summed E-state index contributed by atoms with van der Waals surface area (Å²) < 4.78 is 0. The highest BCUT2D eigenvalue weighted by atomic mass is 16.2. The largest absolute Gasteiger partial charge is 0.337 e. The molecule has 1 N–H and O–H groups in total. The smallest absolute Gasteiger partial charge is 0.257 e. The topological polar surface area (TPSA) is 72.8 Å². The first-order valence-corrected chi connectivity index (χ1v) is 5.44. The Morgan fingerprint density at radius 1 is 1.56 bits per heavy atom. The summed E-state index contributed by atoms with van der Waals surface area (Å²) in [5.74, 6) is -0.105. The average molecular weight is 240 g/mol. The molecule has 0 fully saturated rings. The van der Waals surface area contributed by atoms with E-state index in [2.05, 4.69) is 16.3 Å². The third-order valence-electron chi connectivity index (χ3n) is 2.57. The second-order valence-electron chi connectivity index (χ2n) is 3.96. The third-order valence-corrected chi connectivity index (χ3v) is 2.57. The van der Waals surface area contributed by atoms with Crippen molar-refractivity contribution in [3.63, 3.8) is 0 Å². The van der Waals surface area contributed by atoms with Crippen LogP contribution in [0.5, 0.6) is 0 Å². The molecule has 0 unspecified atom stereocenters. The van der Waals surface area contributed by atoms with Gasteiger partial charge in [0.2, 0.25) is 0 Å². The zero-order valence-electron chi connectivity index (χ0n) is 9.92. The van der Waals surface area contributed by atoms with E-state index in [1.54, 1.807) is 30.3 Å². The number of nitrogens with zero attached hydrogens (tertiary/aromatic N) is 3. The highest BCUT2D eigenvalue weighted by molar-refractivity contribution is 5.93. The molecule has 2 aromatic rings. The molecule has 0 saturated heterocycles. The van der Waals surface area contributed by atoms with Crippen LogP contribution in [0.25, 0.3) is 0 Å². The fourth-order valence-corrected chi connectivity index (χ4v) is 1.67. The minimum Gasteiger partial charge on any atom is -0.337 e. The molecule has 5 heteroatoms. The maximum Gasteiger partial charge on any atom is 0.257 e. The average Bonchev–Trinajstić information content (AvgIpc) is 2.92. The minimum absolute atomic E-state index is 0.105.